The normalized spacial score (nSPS) is 16.4. The Hall–Kier alpha value is -2.48. The van der Waals surface area contributed by atoms with Crippen molar-refractivity contribution < 1.29 is 22.7 Å². The molecule has 0 aliphatic carbocycles. The van der Waals surface area contributed by atoms with Crippen molar-refractivity contribution in [2.24, 2.45) is 0 Å². The molecule has 1 aromatic rings. The number of hydrogen-bond donors (Lipinski definition) is 1. The fraction of sp³-hybridized carbons (Fsp3) is 0.421. The Morgan fingerprint density at radius 3 is 2.41 bits per heavy atom. The molecule has 0 saturated carbocycles. The van der Waals surface area contributed by atoms with Crippen LogP contribution in [0.5, 0.6) is 11.5 Å². The molecule has 1 amide bonds. The molecule has 1 aliphatic heterocycles. The van der Waals surface area contributed by atoms with Crippen molar-refractivity contribution in [2.45, 2.75) is 33.2 Å². The topological polar surface area (TPSA) is 84.9 Å². The summed E-state index contributed by atoms with van der Waals surface area (Å²) < 4.78 is 38.3. The van der Waals surface area contributed by atoms with Crippen molar-refractivity contribution in [3.8, 4) is 11.5 Å². The maximum Gasteiger partial charge on any atom is 0.270 e. The molecule has 0 saturated heterocycles. The lowest BCUT2D eigenvalue weighted by Crippen LogP contribution is -2.43. The van der Waals surface area contributed by atoms with E-state index in [1.54, 1.807) is 19.1 Å². The zero-order chi connectivity index (χ0) is 20.4. The van der Waals surface area contributed by atoms with Gasteiger partial charge in [-0.2, -0.15) is 0 Å². The van der Waals surface area contributed by atoms with Crippen LogP contribution in [-0.4, -0.2) is 41.1 Å². The average molecular weight is 394 g/mol. The zero-order valence-corrected chi connectivity index (χ0v) is 17.1. The lowest BCUT2D eigenvalue weighted by Gasteiger charge is -2.32. The molecular weight excluding hydrogens is 368 g/mol. The van der Waals surface area contributed by atoms with Crippen LogP contribution < -0.4 is 19.1 Å². The number of carbonyl (C=O) groups excluding carboxylic acids is 1. The van der Waals surface area contributed by atoms with Crippen LogP contribution in [0.3, 0.4) is 0 Å². The van der Waals surface area contributed by atoms with E-state index in [0.717, 1.165) is 4.31 Å². The second kappa shape index (κ2) is 8.04. The molecule has 0 spiro atoms. The predicted octanol–water partition coefficient (Wildman–Crippen LogP) is 2.69. The van der Waals surface area contributed by atoms with Crippen LogP contribution in [0.2, 0.25) is 0 Å². The van der Waals surface area contributed by atoms with Crippen molar-refractivity contribution in [3.05, 3.63) is 35.3 Å². The summed E-state index contributed by atoms with van der Waals surface area (Å²) in [6.45, 7) is 9.03. The molecule has 0 fully saturated rings. The fourth-order valence-electron chi connectivity index (χ4n) is 2.92. The summed E-state index contributed by atoms with van der Waals surface area (Å²) >= 11 is 0. The number of nitrogens with zero attached hydrogens (tertiary/aromatic N) is 1. The van der Waals surface area contributed by atoms with E-state index in [0.29, 0.717) is 34.7 Å². The Morgan fingerprint density at radius 1 is 1.30 bits per heavy atom. The molecule has 27 heavy (non-hydrogen) atoms. The van der Waals surface area contributed by atoms with Gasteiger partial charge in [-0.15, -0.1) is 6.58 Å². The molecule has 1 aliphatic rings. The van der Waals surface area contributed by atoms with Gasteiger partial charge in [0.05, 0.1) is 26.5 Å². The molecule has 148 valence electrons. The van der Waals surface area contributed by atoms with Gasteiger partial charge in [0, 0.05) is 17.7 Å². The van der Waals surface area contributed by atoms with Crippen molar-refractivity contribution >= 4 is 27.2 Å². The molecule has 1 aromatic carbocycles. The minimum absolute atomic E-state index is 0.0260. The molecule has 0 radical (unpaired) electrons. The maximum atomic E-state index is 13.2. The number of allylic oxidation sites excluding steroid dienone is 1. The first-order valence-electron chi connectivity index (χ1n) is 8.64. The van der Waals surface area contributed by atoms with Crippen molar-refractivity contribution in [3.63, 3.8) is 0 Å². The highest BCUT2D eigenvalue weighted by Gasteiger charge is 2.40. The van der Waals surface area contributed by atoms with Gasteiger partial charge in [-0.25, -0.2) is 8.42 Å². The van der Waals surface area contributed by atoms with Crippen molar-refractivity contribution in [2.75, 3.05) is 25.1 Å². The second-order valence-corrected chi connectivity index (χ2v) is 8.09. The number of anilines is 1. The summed E-state index contributed by atoms with van der Waals surface area (Å²) in [5.41, 5.74) is 1.39. The number of ether oxygens (including phenoxy) is 2. The minimum atomic E-state index is -4.05. The number of sulfonamides is 1. The number of fused-ring (bicyclic) bond motifs is 1. The van der Waals surface area contributed by atoms with E-state index in [9.17, 15) is 13.2 Å². The van der Waals surface area contributed by atoms with Crippen LogP contribution in [0.25, 0.3) is 5.57 Å². The molecule has 1 N–H and O–H groups in total. The van der Waals surface area contributed by atoms with Gasteiger partial charge in [-0.05, 0) is 31.9 Å². The lowest BCUT2D eigenvalue weighted by molar-refractivity contribution is -0.117. The highest BCUT2D eigenvalue weighted by atomic mass is 32.2. The number of rotatable bonds is 7. The van der Waals surface area contributed by atoms with Crippen LogP contribution in [0.1, 0.15) is 32.8 Å². The number of carbonyl (C=O) groups is 1. The first kappa shape index (κ1) is 20.8. The summed E-state index contributed by atoms with van der Waals surface area (Å²) in [6.07, 6.45) is 2.17. The summed E-state index contributed by atoms with van der Waals surface area (Å²) in [5, 5.41) is 2.75. The summed E-state index contributed by atoms with van der Waals surface area (Å²) in [5.74, 6) is 0.243. The second-order valence-electron chi connectivity index (χ2n) is 6.29. The average Bonchev–Trinajstić information content (AvgIpc) is 2.63. The SMILES string of the molecule is C=CCN1c2cc(OC)c(OC)cc2C(C)=C(C(=O)NC(C)CC)S1(=O)=O. The fourth-order valence-corrected chi connectivity index (χ4v) is 4.65. The van der Waals surface area contributed by atoms with Gasteiger partial charge in [-0.3, -0.25) is 9.10 Å². The smallest absolute Gasteiger partial charge is 0.270 e. The summed E-state index contributed by atoms with van der Waals surface area (Å²) in [4.78, 5) is 12.5. The van der Waals surface area contributed by atoms with Gasteiger partial charge in [0.15, 0.2) is 16.4 Å². The van der Waals surface area contributed by atoms with E-state index >= 15 is 0 Å². The quantitative estimate of drug-likeness (QED) is 0.719. The van der Waals surface area contributed by atoms with Gasteiger partial charge in [0.2, 0.25) is 0 Å². The van der Waals surface area contributed by atoms with Gasteiger partial charge < -0.3 is 14.8 Å². The van der Waals surface area contributed by atoms with Gasteiger partial charge in [0.25, 0.3) is 15.9 Å². The van der Waals surface area contributed by atoms with Crippen LogP contribution in [-0.2, 0) is 14.8 Å². The lowest BCUT2D eigenvalue weighted by atomic mass is 10.0. The Bertz CT molecular complexity index is 890. The van der Waals surface area contributed by atoms with E-state index in [4.69, 9.17) is 9.47 Å². The van der Waals surface area contributed by atoms with Gasteiger partial charge in [-0.1, -0.05) is 13.0 Å². The first-order valence-corrected chi connectivity index (χ1v) is 10.1. The standard InChI is InChI=1S/C19H26N2O5S/c1-7-9-21-15-11-17(26-6)16(25-5)10-14(15)13(4)18(27(21,23)24)19(22)20-12(3)8-2/h7,10-12H,1,8-9H2,2-6H3,(H,20,22). The van der Waals surface area contributed by atoms with Crippen LogP contribution in [0.4, 0.5) is 5.69 Å². The molecule has 1 heterocycles. The number of amides is 1. The predicted molar refractivity (Wildman–Crippen MR) is 106 cm³/mol. The Kier molecular flexibility index (Phi) is 6.20. The van der Waals surface area contributed by atoms with E-state index in [1.165, 1.54) is 20.3 Å². The molecule has 0 aromatic heterocycles. The first-order chi connectivity index (χ1) is 12.7. The van der Waals surface area contributed by atoms with Crippen molar-refractivity contribution in [1.29, 1.82) is 0 Å². The number of nitrogens with one attached hydrogen (secondary N) is 1. The Labute approximate surface area is 160 Å². The molecule has 1 atom stereocenters. The van der Waals surface area contributed by atoms with Crippen LogP contribution >= 0.6 is 0 Å². The van der Waals surface area contributed by atoms with Gasteiger partial charge in [0.1, 0.15) is 0 Å². The van der Waals surface area contributed by atoms with E-state index in [2.05, 4.69) is 11.9 Å². The van der Waals surface area contributed by atoms with Crippen molar-refractivity contribution in [1.82, 2.24) is 5.32 Å². The molecular formula is C19H26N2O5S. The Morgan fingerprint density at radius 2 is 1.89 bits per heavy atom. The number of methoxy groups -OCH3 is 2. The Balaban J connectivity index is 2.77. The van der Waals surface area contributed by atoms with Gasteiger partial charge >= 0.3 is 0 Å². The highest BCUT2D eigenvalue weighted by Crippen LogP contribution is 2.44. The third-order valence-electron chi connectivity index (χ3n) is 4.55. The molecule has 8 heteroatoms. The highest BCUT2D eigenvalue weighted by molar-refractivity contribution is 7.97. The largest absolute Gasteiger partial charge is 0.493 e. The zero-order valence-electron chi connectivity index (χ0n) is 16.3. The maximum absolute atomic E-state index is 13.2. The molecule has 0 bridgehead atoms. The minimum Gasteiger partial charge on any atom is -0.493 e. The monoisotopic (exact) mass is 394 g/mol. The summed E-state index contributed by atoms with van der Waals surface area (Å²) in [6, 6.07) is 3.14. The number of benzene rings is 1. The number of hydrogen-bond acceptors (Lipinski definition) is 5. The molecule has 7 nitrogen and oxygen atoms in total. The third-order valence-corrected chi connectivity index (χ3v) is 6.49. The molecule has 1 unspecified atom stereocenters. The third kappa shape index (κ3) is 3.66. The van der Waals surface area contributed by atoms with E-state index in [-0.39, 0.29) is 17.5 Å². The van der Waals surface area contributed by atoms with E-state index in [1.807, 2.05) is 13.8 Å². The van der Waals surface area contributed by atoms with E-state index < -0.39 is 15.9 Å². The van der Waals surface area contributed by atoms with Crippen LogP contribution in [0.15, 0.2) is 29.7 Å². The summed E-state index contributed by atoms with van der Waals surface area (Å²) in [7, 11) is -1.07. The molecule has 2 rings (SSSR count). The van der Waals surface area contributed by atoms with Crippen LogP contribution in [0, 0.1) is 0 Å².